The highest BCUT2D eigenvalue weighted by Crippen LogP contribution is 2.17. The van der Waals surface area contributed by atoms with Crippen molar-refractivity contribution < 1.29 is 8.42 Å². The Labute approximate surface area is 125 Å². The zero-order valence-corrected chi connectivity index (χ0v) is 12.6. The highest BCUT2D eigenvalue weighted by Gasteiger charge is 2.13. The van der Waals surface area contributed by atoms with Gasteiger partial charge in [-0.25, -0.2) is 13.4 Å². The third-order valence-corrected chi connectivity index (χ3v) is 4.34. The number of hydrogen-bond acceptors (Lipinski definition) is 8. The maximum Gasteiger partial charge on any atom is 0.205 e. The van der Waals surface area contributed by atoms with Crippen molar-refractivity contribution in [3.05, 3.63) is 34.7 Å². The Morgan fingerprint density at radius 2 is 2.29 bits per heavy atom. The van der Waals surface area contributed by atoms with Crippen molar-refractivity contribution in [3.63, 3.8) is 0 Å². The molecule has 0 saturated heterocycles. The predicted octanol–water partition coefficient (Wildman–Crippen LogP) is 1.45. The van der Waals surface area contributed by atoms with Gasteiger partial charge in [0, 0.05) is 11.6 Å². The largest absolute Gasteiger partial charge is 0.383 e. The van der Waals surface area contributed by atoms with Gasteiger partial charge in [-0.3, -0.25) is 5.43 Å². The summed E-state index contributed by atoms with van der Waals surface area (Å²) in [6.45, 7) is 0. The molecule has 0 unspecified atom stereocenters. The third-order valence-electron chi connectivity index (χ3n) is 2.42. The van der Waals surface area contributed by atoms with Crippen LogP contribution >= 0.6 is 11.3 Å². The van der Waals surface area contributed by atoms with Gasteiger partial charge in [-0.2, -0.15) is 10.4 Å². The molecule has 1 aromatic heterocycles. The van der Waals surface area contributed by atoms with Crippen LogP contribution in [0.4, 0.5) is 10.9 Å². The van der Waals surface area contributed by atoms with Crippen LogP contribution in [0.25, 0.3) is 0 Å². The average Bonchev–Trinajstić information content (AvgIpc) is 2.83. The van der Waals surface area contributed by atoms with E-state index >= 15 is 0 Å². The van der Waals surface area contributed by atoms with E-state index in [1.165, 1.54) is 29.7 Å². The number of hydrogen-bond donors (Lipinski definition) is 2. The van der Waals surface area contributed by atoms with Gasteiger partial charge in [-0.1, -0.05) is 6.07 Å². The quantitative estimate of drug-likeness (QED) is 0.649. The average molecular weight is 321 g/mol. The summed E-state index contributed by atoms with van der Waals surface area (Å²) in [6, 6.07) is 6.28. The maximum atomic E-state index is 11.5. The Balaban J connectivity index is 2.20. The summed E-state index contributed by atoms with van der Waals surface area (Å²) in [5.74, 6) is 0.405. The van der Waals surface area contributed by atoms with Crippen molar-refractivity contribution >= 4 is 38.3 Å². The van der Waals surface area contributed by atoms with Crippen LogP contribution in [0.2, 0.25) is 0 Å². The Morgan fingerprint density at radius 3 is 2.86 bits per heavy atom. The summed E-state index contributed by atoms with van der Waals surface area (Å²) in [6.07, 6.45) is 2.52. The molecule has 0 radical (unpaired) electrons. The fourth-order valence-electron chi connectivity index (χ4n) is 1.54. The fraction of sp³-hybridized carbons (Fsp3) is 0.0833. The van der Waals surface area contributed by atoms with E-state index in [9.17, 15) is 8.42 Å². The molecule has 21 heavy (non-hydrogen) atoms. The molecule has 0 bridgehead atoms. The fourth-order valence-corrected chi connectivity index (χ4v) is 2.91. The van der Waals surface area contributed by atoms with Crippen molar-refractivity contribution in [1.29, 1.82) is 5.26 Å². The molecule has 0 atom stereocenters. The lowest BCUT2D eigenvalue weighted by Gasteiger charge is -2.02. The van der Waals surface area contributed by atoms with Gasteiger partial charge < -0.3 is 5.73 Å². The molecule has 0 aliphatic heterocycles. The number of sulfone groups is 1. The number of nitrogens with one attached hydrogen (secondary N) is 1. The molecule has 3 N–H and O–H groups in total. The standard InChI is InChI=1S/C12H11N5O2S2/c1-21(18,19)10-3-2-8(4-9(10)5-13)6-15-17-12-16-11(14)7-20-12/h2-4,6-7H,14H2,1H3,(H,16,17). The number of nitriles is 1. The third kappa shape index (κ3) is 3.77. The maximum absolute atomic E-state index is 11.5. The summed E-state index contributed by atoms with van der Waals surface area (Å²) < 4.78 is 23.0. The summed E-state index contributed by atoms with van der Waals surface area (Å²) in [7, 11) is -3.43. The number of nitrogen functional groups attached to an aromatic ring is 1. The first-order chi connectivity index (χ1) is 9.90. The lowest BCUT2D eigenvalue weighted by molar-refractivity contribution is 0.601. The number of thiazole rings is 1. The Hall–Kier alpha value is -2.44. The molecule has 0 fully saturated rings. The number of nitrogens with zero attached hydrogens (tertiary/aromatic N) is 3. The van der Waals surface area contributed by atoms with Crippen LogP contribution in [0.3, 0.4) is 0 Å². The molecule has 108 valence electrons. The van der Waals surface area contributed by atoms with Crippen molar-refractivity contribution in [2.45, 2.75) is 4.90 Å². The molecule has 7 nitrogen and oxygen atoms in total. The summed E-state index contributed by atoms with van der Waals surface area (Å²) in [4.78, 5) is 3.96. The first-order valence-electron chi connectivity index (χ1n) is 5.64. The highest BCUT2D eigenvalue weighted by molar-refractivity contribution is 7.90. The monoisotopic (exact) mass is 321 g/mol. The minimum absolute atomic E-state index is 0.00260. The van der Waals surface area contributed by atoms with Crippen molar-refractivity contribution in [2.24, 2.45) is 5.10 Å². The molecule has 0 spiro atoms. The molecule has 1 heterocycles. The SMILES string of the molecule is CS(=O)(=O)c1ccc(C=NNc2nc(N)cs2)cc1C#N. The van der Waals surface area contributed by atoms with Gasteiger partial charge >= 0.3 is 0 Å². The first kappa shape index (κ1) is 15.0. The molecule has 9 heteroatoms. The number of hydrazone groups is 1. The first-order valence-corrected chi connectivity index (χ1v) is 8.41. The Bertz CT molecular complexity index is 834. The van der Waals surface area contributed by atoms with E-state index in [2.05, 4.69) is 15.5 Å². The van der Waals surface area contributed by atoms with Crippen LogP contribution < -0.4 is 11.2 Å². The summed E-state index contributed by atoms with van der Waals surface area (Å²) in [5, 5.41) is 15.2. The normalized spacial score (nSPS) is 11.4. The molecule has 2 aromatic rings. The lowest BCUT2D eigenvalue weighted by Crippen LogP contribution is -2.01. The minimum Gasteiger partial charge on any atom is -0.383 e. The van der Waals surface area contributed by atoms with Gasteiger partial charge in [-0.05, 0) is 17.7 Å². The second-order valence-electron chi connectivity index (χ2n) is 4.09. The van der Waals surface area contributed by atoms with Gasteiger partial charge in [0.05, 0.1) is 16.7 Å². The van der Waals surface area contributed by atoms with Crippen LogP contribution in [0.1, 0.15) is 11.1 Å². The predicted molar refractivity (Wildman–Crippen MR) is 82.0 cm³/mol. The van der Waals surface area contributed by atoms with Gasteiger partial charge in [0.2, 0.25) is 5.13 Å². The van der Waals surface area contributed by atoms with Crippen molar-refractivity contribution in [3.8, 4) is 6.07 Å². The molecular formula is C12H11N5O2S2. The van der Waals surface area contributed by atoms with Gasteiger partial charge in [0.1, 0.15) is 11.9 Å². The molecule has 2 rings (SSSR count). The summed E-state index contributed by atoms with van der Waals surface area (Å²) in [5.41, 5.74) is 8.84. The van der Waals surface area contributed by atoms with Crippen LogP contribution in [-0.2, 0) is 9.84 Å². The van der Waals surface area contributed by atoms with E-state index in [-0.39, 0.29) is 10.5 Å². The number of benzene rings is 1. The Morgan fingerprint density at radius 1 is 1.52 bits per heavy atom. The van der Waals surface area contributed by atoms with E-state index in [0.717, 1.165) is 6.26 Å². The van der Waals surface area contributed by atoms with Crippen molar-refractivity contribution in [2.75, 3.05) is 17.4 Å². The zero-order valence-electron chi connectivity index (χ0n) is 10.9. The zero-order chi connectivity index (χ0) is 15.5. The van der Waals surface area contributed by atoms with E-state index in [1.54, 1.807) is 11.4 Å². The van der Waals surface area contributed by atoms with E-state index in [1.807, 2.05) is 6.07 Å². The number of aromatic nitrogens is 1. The highest BCUT2D eigenvalue weighted by atomic mass is 32.2. The topological polar surface area (TPSA) is 121 Å². The number of nitrogens with two attached hydrogens (primary N) is 1. The van der Waals surface area contributed by atoms with Crippen molar-refractivity contribution in [1.82, 2.24) is 4.98 Å². The number of anilines is 2. The smallest absolute Gasteiger partial charge is 0.205 e. The number of rotatable bonds is 4. The second kappa shape index (κ2) is 5.90. The molecule has 0 saturated carbocycles. The van der Waals surface area contributed by atoms with Gasteiger partial charge in [0.25, 0.3) is 0 Å². The van der Waals surface area contributed by atoms with Gasteiger partial charge in [0.15, 0.2) is 9.84 Å². The molecule has 0 amide bonds. The molecular weight excluding hydrogens is 310 g/mol. The minimum atomic E-state index is -3.43. The van der Waals surface area contributed by atoms with E-state index in [4.69, 9.17) is 11.0 Å². The molecule has 0 aliphatic rings. The lowest BCUT2D eigenvalue weighted by atomic mass is 10.1. The second-order valence-corrected chi connectivity index (χ2v) is 6.93. The van der Waals surface area contributed by atoms with Crippen LogP contribution in [-0.4, -0.2) is 25.9 Å². The van der Waals surface area contributed by atoms with Crippen LogP contribution in [0, 0.1) is 11.3 Å². The van der Waals surface area contributed by atoms with Gasteiger partial charge in [-0.15, -0.1) is 11.3 Å². The van der Waals surface area contributed by atoms with Crippen LogP contribution in [0.5, 0.6) is 0 Å². The van der Waals surface area contributed by atoms with E-state index < -0.39 is 9.84 Å². The molecule has 0 aliphatic carbocycles. The Kier molecular flexibility index (Phi) is 4.21. The summed E-state index contributed by atoms with van der Waals surface area (Å²) >= 11 is 1.31. The van der Waals surface area contributed by atoms with Crippen LogP contribution in [0.15, 0.2) is 33.6 Å². The molecule has 1 aromatic carbocycles. The van der Waals surface area contributed by atoms with E-state index in [0.29, 0.717) is 16.5 Å².